The van der Waals surface area contributed by atoms with Gasteiger partial charge < -0.3 is 9.32 Å². The molecule has 0 unspecified atom stereocenters. The fourth-order valence-electron chi connectivity index (χ4n) is 10.0. The smallest absolute Gasteiger partial charge is 0.135 e. The van der Waals surface area contributed by atoms with Crippen LogP contribution < -0.4 is 4.90 Å². The minimum atomic E-state index is 0.440. The van der Waals surface area contributed by atoms with Crippen molar-refractivity contribution in [1.82, 2.24) is 0 Å². The van der Waals surface area contributed by atoms with Gasteiger partial charge in [-0.3, -0.25) is 0 Å². The first-order valence-corrected chi connectivity index (χ1v) is 17.8. The molecule has 0 N–H and O–H groups in total. The van der Waals surface area contributed by atoms with E-state index in [9.17, 15) is 0 Å². The van der Waals surface area contributed by atoms with Crippen LogP contribution in [0, 0.1) is 17.8 Å². The van der Waals surface area contributed by atoms with Crippen LogP contribution in [0.2, 0.25) is 0 Å². The van der Waals surface area contributed by atoms with Crippen molar-refractivity contribution < 1.29 is 4.42 Å². The Morgan fingerprint density at radius 3 is 1.52 bits per heavy atom. The molecule has 234 valence electrons. The maximum atomic E-state index is 6.19. The van der Waals surface area contributed by atoms with Gasteiger partial charge in [0.2, 0.25) is 0 Å². The molecule has 1 aromatic heterocycles. The van der Waals surface area contributed by atoms with E-state index in [4.69, 9.17) is 4.42 Å². The van der Waals surface area contributed by atoms with Crippen molar-refractivity contribution in [2.45, 2.75) is 43.9 Å². The van der Waals surface area contributed by atoms with Crippen LogP contribution in [0.5, 0.6) is 0 Å². The van der Waals surface area contributed by atoms with Crippen LogP contribution in [0.25, 0.3) is 44.2 Å². The first-order valence-electron chi connectivity index (χ1n) is 17.8. The van der Waals surface area contributed by atoms with Gasteiger partial charge in [0, 0.05) is 27.8 Å². The van der Waals surface area contributed by atoms with Gasteiger partial charge in [0.25, 0.3) is 0 Å². The number of hydrogen-bond donors (Lipinski definition) is 0. The van der Waals surface area contributed by atoms with E-state index in [-0.39, 0.29) is 0 Å². The summed E-state index contributed by atoms with van der Waals surface area (Å²) in [6.45, 7) is 0. The lowest BCUT2D eigenvalue weighted by Gasteiger charge is -2.57. The van der Waals surface area contributed by atoms with E-state index in [0.29, 0.717) is 5.41 Å². The molecule has 4 fully saturated rings. The third-order valence-electron chi connectivity index (χ3n) is 11.8. The van der Waals surface area contributed by atoms with Gasteiger partial charge in [-0.2, -0.15) is 0 Å². The normalized spacial score (nSPS) is 22.8. The van der Waals surface area contributed by atoms with Crippen LogP contribution in [-0.4, -0.2) is 0 Å². The van der Waals surface area contributed by atoms with Crippen LogP contribution in [0.3, 0.4) is 0 Å². The molecule has 0 atom stereocenters. The average Bonchev–Trinajstić information content (AvgIpc) is 3.50. The fourth-order valence-corrected chi connectivity index (χ4v) is 10.0. The number of hydrogen-bond acceptors (Lipinski definition) is 2. The monoisotopic (exact) mass is 621 g/mol. The van der Waals surface area contributed by atoms with E-state index in [1.54, 1.807) is 5.56 Å². The van der Waals surface area contributed by atoms with Crippen LogP contribution in [-0.2, 0) is 5.41 Å². The number of anilines is 3. The molecule has 48 heavy (non-hydrogen) atoms. The SMILES string of the molecule is c1ccc(-c2ccc(N(c3ccc(-c4ccc(C56CC7CC(CC(C7)C5)C6)cc4)cc3)c3ccc4oc5ccccc5c4c3)cc2)cc1. The summed E-state index contributed by atoms with van der Waals surface area (Å²) in [7, 11) is 0. The largest absolute Gasteiger partial charge is 0.456 e. The molecule has 7 aromatic rings. The summed E-state index contributed by atoms with van der Waals surface area (Å²) in [5.74, 6) is 2.90. The van der Waals surface area contributed by atoms with E-state index < -0.39 is 0 Å². The Labute approximate surface area is 282 Å². The van der Waals surface area contributed by atoms with E-state index in [2.05, 4.69) is 138 Å². The van der Waals surface area contributed by atoms with Crippen LogP contribution in [0.4, 0.5) is 17.1 Å². The summed E-state index contributed by atoms with van der Waals surface area (Å²) in [6, 6.07) is 53.1. The first-order chi connectivity index (χ1) is 23.7. The standard InChI is InChI=1S/C46H39NO/c1-2-6-34(7-3-1)36-12-18-39(19-13-36)47(41-22-23-45-43(27-41)42-8-4-5-9-44(42)48-45)40-20-14-37(15-21-40)35-10-16-38(17-11-35)46-28-31-24-32(29-46)26-33(25-31)30-46/h1-23,27,31-33H,24-26,28-30H2. The second kappa shape index (κ2) is 11.0. The fraction of sp³-hybridized carbons (Fsp3) is 0.217. The Morgan fingerprint density at radius 1 is 0.438 bits per heavy atom. The molecule has 2 heteroatoms. The lowest BCUT2D eigenvalue weighted by molar-refractivity contribution is -0.00518. The van der Waals surface area contributed by atoms with Crippen molar-refractivity contribution in [3.05, 3.63) is 151 Å². The number of para-hydroxylation sites is 1. The van der Waals surface area contributed by atoms with E-state index in [0.717, 1.165) is 56.8 Å². The molecule has 0 spiro atoms. The van der Waals surface area contributed by atoms with Crippen LogP contribution in [0.1, 0.15) is 44.1 Å². The van der Waals surface area contributed by atoms with Gasteiger partial charge in [0.05, 0.1) is 0 Å². The van der Waals surface area contributed by atoms with E-state index in [1.165, 1.54) is 60.8 Å². The molecule has 1 heterocycles. The van der Waals surface area contributed by atoms with Crippen molar-refractivity contribution in [2.24, 2.45) is 17.8 Å². The van der Waals surface area contributed by atoms with Gasteiger partial charge in [0.1, 0.15) is 11.2 Å². The van der Waals surface area contributed by atoms with Crippen molar-refractivity contribution >= 4 is 39.0 Å². The highest BCUT2D eigenvalue weighted by Crippen LogP contribution is 2.60. The zero-order valence-corrected chi connectivity index (χ0v) is 27.2. The topological polar surface area (TPSA) is 16.4 Å². The molecule has 0 saturated heterocycles. The van der Waals surface area contributed by atoms with Crippen LogP contribution >= 0.6 is 0 Å². The number of furan rings is 1. The molecule has 0 amide bonds. The molecule has 0 radical (unpaired) electrons. The summed E-state index contributed by atoms with van der Waals surface area (Å²) < 4.78 is 6.19. The minimum Gasteiger partial charge on any atom is -0.456 e. The summed E-state index contributed by atoms with van der Waals surface area (Å²) in [5, 5.41) is 2.27. The highest BCUT2D eigenvalue weighted by atomic mass is 16.3. The molecule has 6 aromatic carbocycles. The maximum absolute atomic E-state index is 6.19. The van der Waals surface area contributed by atoms with Gasteiger partial charge in [-0.15, -0.1) is 0 Å². The van der Waals surface area contributed by atoms with E-state index >= 15 is 0 Å². The number of nitrogens with zero attached hydrogens (tertiary/aromatic N) is 1. The van der Waals surface area contributed by atoms with E-state index in [1.807, 2.05) is 12.1 Å². The minimum absolute atomic E-state index is 0.440. The molecule has 11 rings (SSSR count). The number of fused-ring (bicyclic) bond motifs is 3. The highest BCUT2D eigenvalue weighted by molar-refractivity contribution is 6.06. The van der Waals surface area contributed by atoms with Crippen molar-refractivity contribution in [2.75, 3.05) is 4.90 Å². The summed E-state index contributed by atoms with van der Waals surface area (Å²) in [5.41, 5.74) is 12.2. The Bertz CT molecular complexity index is 2210. The lowest BCUT2D eigenvalue weighted by atomic mass is 9.48. The second-order valence-electron chi connectivity index (χ2n) is 14.8. The summed E-state index contributed by atoms with van der Waals surface area (Å²) >= 11 is 0. The van der Waals surface area contributed by atoms with Gasteiger partial charge in [-0.25, -0.2) is 0 Å². The predicted octanol–water partition coefficient (Wildman–Crippen LogP) is 12.9. The van der Waals surface area contributed by atoms with Crippen molar-refractivity contribution in [3.63, 3.8) is 0 Å². The molecule has 0 aliphatic heterocycles. The Hall–Kier alpha value is -5.08. The highest BCUT2D eigenvalue weighted by Gasteiger charge is 2.51. The van der Waals surface area contributed by atoms with Crippen molar-refractivity contribution in [1.29, 1.82) is 0 Å². The second-order valence-corrected chi connectivity index (χ2v) is 14.8. The van der Waals surface area contributed by atoms with Crippen molar-refractivity contribution in [3.8, 4) is 22.3 Å². The summed E-state index contributed by atoms with van der Waals surface area (Å²) in [4.78, 5) is 2.36. The lowest BCUT2D eigenvalue weighted by Crippen LogP contribution is -2.48. The molecule has 2 nitrogen and oxygen atoms in total. The van der Waals surface area contributed by atoms with Gasteiger partial charge in [0.15, 0.2) is 0 Å². The van der Waals surface area contributed by atoms with Crippen LogP contribution in [0.15, 0.2) is 150 Å². The van der Waals surface area contributed by atoms with Gasteiger partial charge in [-0.05, 0) is 138 Å². The molecule has 4 bridgehead atoms. The molecule has 4 saturated carbocycles. The van der Waals surface area contributed by atoms with Gasteiger partial charge >= 0.3 is 0 Å². The Morgan fingerprint density at radius 2 is 0.917 bits per heavy atom. The number of benzene rings is 6. The molecular formula is C46H39NO. The zero-order chi connectivity index (χ0) is 31.7. The quantitative estimate of drug-likeness (QED) is 0.184. The van der Waals surface area contributed by atoms with Gasteiger partial charge in [-0.1, -0.05) is 97.1 Å². The molecule has 4 aliphatic rings. The third-order valence-corrected chi connectivity index (χ3v) is 11.8. The zero-order valence-electron chi connectivity index (χ0n) is 27.2. The third kappa shape index (κ3) is 4.69. The Balaban J connectivity index is 1.00. The number of rotatable bonds is 6. The average molecular weight is 622 g/mol. The maximum Gasteiger partial charge on any atom is 0.135 e. The predicted molar refractivity (Wildman–Crippen MR) is 199 cm³/mol. The Kier molecular flexibility index (Phi) is 6.41. The molecule has 4 aliphatic carbocycles. The first kappa shape index (κ1) is 28.0. The molecular weight excluding hydrogens is 583 g/mol. The summed E-state index contributed by atoms with van der Waals surface area (Å²) in [6.07, 6.45) is 8.71.